The number of benzene rings is 1. The van der Waals surface area contributed by atoms with Crippen LogP contribution in [0.15, 0.2) is 0 Å². The van der Waals surface area contributed by atoms with Gasteiger partial charge in [0.1, 0.15) is 0 Å². The molecule has 1 aromatic rings. The largest absolute Gasteiger partial charge is 0.497 e. The highest BCUT2D eigenvalue weighted by molar-refractivity contribution is 6.59. The first-order valence-electron chi connectivity index (χ1n) is 7.10. The maximum atomic E-state index is 13.4. The van der Waals surface area contributed by atoms with E-state index in [0.29, 0.717) is 25.3 Å². The van der Waals surface area contributed by atoms with Gasteiger partial charge in [0.05, 0.1) is 0 Å². The van der Waals surface area contributed by atoms with E-state index in [-0.39, 0.29) is 12.8 Å². The van der Waals surface area contributed by atoms with Gasteiger partial charge in [-0.15, -0.1) is 0 Å². The van der Waals surface area contributed by atoms with E-state index in [0.717, 1.165) is 0 Å². The maximum Gasteiger partial charge on any atom is 0.497 e. The second-order valence-electron chi connectivity index (χ2n) is 5.08. The summed E-state index contributed by atoms with van der Waals surface area (Å²) in [5.41, 5.74) is -0.791. The molecule has 0 radical (unpaired) electrons. The third kappa shape index (κ3) is 4.97. The van der Waals surface area contributed by atoms with Crippen molar-refractivity contribution in [1.29, 1.82) is 0 Å². The zero-order valence-corrected chi connectivity index (χ0v) is 13.9. The number of hydrogen-bond acceptors (Lipinski definition) is 3. The minimum Gasteiger partial charge on any atom is -0.390 e. The Labute approximate surface area is 132 Å². The van der Waals surface area contributed by atoms with E-state index in [1.165, 1.54) is 14.2 Å². The van der Waals surface area contributed by atoms with E-state index in [9.17, 15) is 26.7 Å². The second-order valence-corrected chi connectivity index (χ2v) is 7.83. The number of halogens is 5. The van der Waals surface area contributed by atoms with Gasteiger partial charge in [-0.05, 0) is 19.3 Å². The molecule has 23 heavy (non-hydrogen) atoms. The van der Waals surface area contributed by atoms with Crippen molar-refractivity contribution in [2.75, 3.05) is 14.2 Å². The highest BCUT2D eigenvalue weighted by atomic mass is 28.4. The molecule has 0 fully saturated rings. The Morgan fingerprint density at radius 2 is 1.17 bits per heavy atom. The highest BCUT2D eigenvalue weighted by Crippen LogP contribution is 2.24. The summed E-state index contributed by atoms with van der Waals surface area (Å²) in [6.07, 6.45) is 1.71. The van der Waals surface area contributed by atoms with Crippen molar-refractivity contribution in [2.24, 2.45) is 0 Å². The van der Waals surface area contributed by atoms with Crippen LogP contribution in [0.25, 0.3) is 0 Å². The Bertz CT molecular complexity index is 509. The third-order valence-electron chi connectivity index (χ3n) is 3.61. The molecule has 0 spiro atoms. The zero-order chi connectivity index (χ0) is 17.6. The fraction of sp³-hybridized carbons (Fsp3) is 0.571. The van der Waals surface area contributed by atoms with Gasteiger partial charge < -0.3 is 13.6 Å². The molecule has 1 N–H and O–H groups in total. The molecular formula is C14H19F5O3Si. The van der Waals surface area contributed by atoms with Crippen LogP contribution in [-0.4, -0.2) is 27.8 Å². The molecule has 0 unspecified atom stereocenters. The Morgan fingerprint density at radius 3 is 1.65 bits per heavy atom. The smallest absolute Gasteiger partial charge is 0.390 e. The third-order valence-corrected chi connectivity index (χ3v) is 5.87. The van der Waals surface area contributed by atoms with Crippen molar-refractivity contribution in [3.8, 4) is 0 Å². The van der Waals surface area contributed by atoms with Crippen molar-refractivity contribution in [3.63, 3.8) is 0 Å². The van der Waals surface area contributed by atoms with Gasteiger partial charge in [-0.1, -0.05) is 12.8 Å². The molecule has 0 aliphatic rings. The molecule has 1 aromatic carbocycles. The Balaban J connectivity index is 2.49. The highest BCUT2D eigenvalue weighted by Gasteiger charge is 2.33. The SMILES string of the molecule is CO[Si](O)(CCCCCCc1c(F)c(F)c(F)c(F)c1F)OC. The maximum absolute atomic E-state index is 13.4. The van der Waals surface area contributed by atoms with E-state index in [1.54, 1.807) is 0 Å². The van der Waals surface area contributed by atoms with Gasteiger partial charge in [-0.25, -0.2) is 22.0 Å². The molecule has 0 heterocycles. The fourth-order valence-corrected chi connectivity index (χ4v) is 3.43. The average Bonchev–Trinajstić information content (AvgIpc) is 2.56. The predicted octanol–water partition coefficient (Wildman–Crippen LogP) is 3.71. The summed E-state index contributed by atoms with van der Waals surface area (Å²) in [6.45, 7) is 0. The molecule has 9 heteroatoms. The zero-order valence-electron chi connectivity index (χ0n) is 12.9. The van der Waals surface area contributed by atoms with Crippen LogP contribution in [0, 0.1) is 29.1 Å². The van der Waals surface area contributed by atoms with E-state index >= 15 is 0 Å². The van der Waals surface area contributed by atoms with Crippen LogP contribution in [0.1, 0.15) is 31.2 Å². The van der Waals surface area contributed by atoms with Gasteiger partial charge in [0.2, 0.25) is 5.82 Å². The van der Waals surface area contributed by atoms with Crippen LogP contribution in [0.5, 0.6) is 0 Å². The summed E-state index contributed by atoms with van der Waals surface area (Å²) in [4.78, 5) is 9.80. The van der Waals surface area contributed by atoms with Gasteiger partial charge in [0.25, 0.3) is 0 Å². The van der Waals surface area contributed by atoms with Gasteiger partial charge in [0, 0.05) is 25.8 Å². The van der Waals surface area contributed by atoms with Crippen molar-refractivity contribution in [1.82, 2.24) is 0 Å². The lowest BCUT2D eigenvalue weighted by molar-refractivity contribution is 0.150. The van der Waals surface area contributed by atoms with E-state index < -0.39 is 43.5 Å². The fourth-order valence-electron chi connectivity index (χ4n) is 2.16. The van der Waals surface area contributed by atoms with Crippen LogP contribution >= 0.6 is 0 Å². The summed E-state index contributed by atoms with van der Waals surface area (Å²) in [5, 5.41) is 0. The molecule has 0 amide bonds. The normalized spacial score (nSPS) is 12.0. The molecule has 132 valence electrons. The van der Waals surface area contributed by atoms with Gasteiger partial charge in [-0.2, -0.15) is 0 Å². The summed E-state index contributed by atoms with van der Waals surface area (Å²) in [5.74, 6) is -9.54. The molecule has 0 bridgehead atoms. The summed E-state index contributed by atoms with van der Waals surface area (Å²) in [6, 6.07) is 0.336. The second kappa shape index (κ2) is 8.72. The van der Waals surface area contributed by atoms with Gasteiger partial charge in [0.15, 0.2) is 23.3 Å². The van der Waals surface area contributed by atoms with E-state index in [4.69, 9.17) is 8.85 Å². The first-order valence-corrected chi connectivity index (χ1v) is 9.07. The molecule has 0 aliphatic carbocycles. The number of hydrogen-bond donors (Lipinski definition) is 1. The van der Waals surface area contributed by atoms with Gasteiger partial charge in [-0.3, -0.25) is 0 Å². The minimum absolute atomic E-state index is 0.248. The van der Waals surface area contributed by atoms with Crippen LogP contribution in [0.2, 0.25) is 6.04 Å². The van der Waals surface area contributed by atoms with E-state index in [2.05, 4.69) is 0 Å². The van der Waals surface area contributed by atoms with Crippen LogP contribution in [0.4, 0.5) is 22.0 Å². The first kappa shape index (κ1) is 20.0. The van der Waals surface area contributed by atoms with Crippen LogP contribution in [0.3, 0.4) is 0 Å². The topological polar surface area (TPSA) is 38.7 Å². The summed E-state index contributed by atoms with van der Waals surface area (Å²) >= 11 is 0. The lowest BCUT2D eigenvalue weighted by Crippen LogP contribution is -2.39. The van der Waals surface area contributed by atoms with Gasteiger partial charge >= 0.3 is 8.80 Å². The number of rotatable bonds is 9. The molecule has 0 aromatic heterocycles. The predicted molar refractivity (Wildman–Crippen MR) is 75.2 cm³/mol. The van der Waals surface area contributed by atoms with Crippen molar-refractivity contribution < 1.29 is 35.6 Å². The van der Waals surface area contributed by atoms with E-state index in [1.807, 2.05) is 0 Å². The molecule has 0 saturated heterocycles. The summed E-state index contributed by atoms with van der Waals surface area (Å²) < 4.78 is 75.6. The lowest BCUT2D eigenvalue weighted by atomic mass is 10.0. The molecular weight excluding hydrogens is 339 g/mol. The first-order chi connectivity index (χ1) is 10.8. The van der Waals surface area contributed by atoms with Crippen molar-refractivity contribution >= 4 is 8.80 Å². The van der Waals surface area contributed by atoms with Crippen molar-refractivity contribution in [3.05, 3.63) is 34.6 Å². The quantitative estimate of drug-likeness (QED) is 0.240. The monoisotopic (exact) mass is 358 g/mol. The Hall–Kier alpha value is -1.03. The molecule has 3 nitrogen and oxygen atoms in total. The van der Waals surface area contributed by atoms with Crippen LogP contribution in [-0.2, 0) is 15.3 Å². The van der Waals surface area contributed by atoms with Crippen LogP contribution < -0.4 is 0 Å². The average molecular weight is 358 g/mol. The molecule has 1 rings (SSSR count). The molecule has 0 atom stereocenters. The minimum atomic E-state index is -3.12. The Kier molecular flexibility index (Phi) is 7.58. The molecule has 0 saturated carbocycles. The summed E-state index contributed by atoms with van der Waals surface area (Å²) in [7, 11) is -0.429. The molecule has 0 aliphatic heterocycles. The Morgan fingerprint density at radius 1 is 0.739 bits per heavy atom. The van der Waals surface area contributed by atoms with Crippen molar-refractivity contribution in [2.45, 2.75) is 38.1 Å². The standard InChI is InChI=1S/C14H19F5O3Si/c1-21-23(20,22-2)8-6-4-3-5-7-9-10(15)12(17)14(19)13(18)11(9)16/h20H,3-8H2,1-2H3. The number of unbranched alkanes of at least 4 members (excludes halogenated alkanes) is 3. The lowest BCUT2D eigenvalue weighted by Gasteiger charge is -2.19.